The van der Waals surface area contributed by atoms with Gasteiger partial charge in [-0.05, 0) is 20.3 Å². The number of carboxylic acid groups (broad SMARTS) is 1. The van der Waals surface area contributed by atoms with E-state index in [2.05, 4.69) is 5.32 Å². The smallest absolute Gasteiger partial charge is 0.305 e. The van der Waals surface area contributed by atoms with Crippen molar-refractivity contribution in [1.82, 2.24) is 10.2 Å². The number of hydrogen-bond donors (Lipinski definition) is 3. The Labute approximate surface area is 211 Å². The maximum absolute atomic E-state index is 12.2. The summed E-state index contributed by atoms with van der Waals surface area (Å²) >= 11 is 0. The minimum Gasteiger partial charge on any atom is -0.481 e. The van der Waals surface area contributed by atoms with Crippen molar-refractivity contribution in [1.29, 1.82) is 0 Å². The molecule has 3 atom stereocenters. The summed E-state index contributed by atoms with van der Waals surface area (Å²) in [5.74, 6) is -1.53. The summed E-state index contributed by atoms with van der Waals surface area (Å²) in [5, 5.41) is 11.3. The third-order valence-electron chi connectivity index (χ3n) is 5.23. The van der Waals surface area contributed by atoms with E-state index in [9.17, 15) is 19.2 Å². The van der Waals surface area contributed by atoms with E-state index in [0.29, 0.717) is 59.3 Å². The Morgan fingerprint density at radius 3 is 1.72 bits per heavy atom. The predicted octanol–water partition coefficient (Wildman–Crippen LogP) is -1.04. The van der Waals surface area contributed by atoms with Crippen LogP contribution in [0, 0.1) is 0 Å². The lowest BCUT2D eigenvalue weighted by molar-refractivity contribution is -0.138. The number of nitrogens with two attached hydrogens (primary N) is 1. The number of carboxylic acids is 1. The second-order valence-electron chi connectivity index (χ2n) is 8.36. The van der Waals surface area contributed by atoms with Crippen molar-refractivity contribution in [2.45, 2.75) is 51.2 Å². The summed E-state index contributed by atoms with van der Waals surface area (Å²) in [7, 11) is 0. The van der Waals surface area contributed by atoms with Gasteiger partial charge in [0.05, 0.1) is 84.6 Å². The van der Waals surface area contributed by atoms with Crippen LogP contribution in [0.2, 0.25) is 0 Å². The lowest BCUT2D eigenvalue weighted by Crippen LogP contribution is -2.47. The van der Waals surface area contributed by atoms with Gasteiger partial charge in [-0.3, -0.25) is 19.2 Å². The van der Waals surface area contributed by atoms with Crippen LogP contribution in [0.25, 0.3) is 0 Å². The summed E-state index contributed by atoms with van der Waals surface area (Å²) in [6.45, 7) is 6.72. The number of nitrogens with one attached hydrogen (secondary N) is 1. The Hall–Kier alpha value is -2.16. The van der Waals surface area contributed by atoms with Crippen molar-refractivity contribution in [3.8, 4) is 0 Å². The first-order chi connectivity index (χ1) is 17.2. The van der Waals surface area contributed by atoms with E-state index in [-0.39, 0.29) is 56.2 Å². The minimum absolute atomic E-state index is 0.0219. The van der Waals surface area contributed by atoms with Gasteiger partial charge >= 0.3 is 5.97 Å². The van der Waals surface area contributed by atoms with Gasteiger partial charge in [-0.15, -0.1) is 0 Å². The van der Waals surface area contributed by atoms with Crippen LogP contribution in [-0.2, 0) is 42.9 Å². The highest BCUT2D eigenvalue weighted by molar-refractivity contribution is 5.90. The molecule has 4 N–H and O–H groups in total. The third kappa shape index (κ3) is 14.4. The fourth-order valence-corrected chi connectivity index (χ4v) is 3.44. The van der Waals surface area contributed by atoms with Crippen LogP contribution >= 0.6 is 0 Å². The van der Waals surface area contributed by atoms with Gasteiger partial charge in [0, 0.05) is 19.0 Å². The van der Waals surface area contributed by atoms with Crippen molar-refractivity contribution >= 4 is 23.6 Å². The molecule has 208 valence electrons. The normalized spacial score (nSPS) is 18.2. The molecule has 0 aromatic rings. The van der Waals surface area contributed by atoms with E-state index < -0.39 is 18.1 Å². The number of likely N-dealkylation sites (tertiary alicyclic amines) is 1. The molecule has 1 heterocycles. The molecule has 3 unspecified atom stereocenters. The van der Waals surface area contributed by atoms with Crippen molar-refractivity contribution in [3.05, 3.63) is 0 Å². The molecule has 0 radical (unpaired) electrons. The Bertz CT molecular complexity index is 677. The second-order valence-corrected chi connectivity index (χ2v) is 8.36. The largest absolute Gasteiger partial charge is 0.481 e. The number of aliphatic carboxylic acids is 1. The SMILES string of the molecule is CC(=O)C1CC(NC(=O)CCOCCOCCOCCOCCOCCC(=O)O)CN1C(=O)C(C)N. The summed E-state index contributed by atoms with van der Waals surface area (Å²) in [6, 6.07) is -1.55. The molecule has 36 heavy (non-hydrogen) atoms. The Morgan fingerprint density at radius 2 is 1.31 bits per heavy atom. The Balaban J connectivity index is 1.95. The molecule has 0 aromatic heterocycles. The van der Waals surface area contributed by atoms with Crippen molar-refractivity contribution < 1.29 is 48.0 Å². The number of carbonyl (C=O) groups excluding carboxylic acids is 3. The molecule has 1 aliphatic rings. The summed E-state index contributed by atoms with van der Waals surface area (Å²) < 4.78 is 26.5. The van der Waals surface area contributed by atoms with Crippen molar-refractivity contribution in [3.63, 3.8) is 0 Å². The average Bonchev–Trinajstić information content (AvgIpc) is 3.24. The van der Waals surface area contributed by atoms with E-state index in [0.717, 1.165) is 0 Å². The molecule has 13 nitrogen and oxygen atoms in total. The molecule has 0 saturated carbocycles. The lowest BCUT2D eigenvalue weighted by atomic mass is 10.1. The maximum atomic E-state index is 12.2. The summed E-state index contributed by atoms with van der Waals surface area (Å²) in [4.78, 5) is 48.0. The van der Waals surface area contributed by atoms with Gasteiger partial charge < -0.3 is 44.7 Å². The highest BCUT2D eigenvalue weighted by Crippen LogP contribution is 2.20. The molecule has 1 rings (SSSR count). The van der Waals surface area contributed by atoms with Crippen LogP contribution in [0.1, 0.15) is 33.1 Å². The molecule has 0 aromatic carbocycles. The first kappa shape index (κ1) is 31.9. The highest BCUT2D eigenvalue weighted by Gasteiger charge is 2.39. The summed E-state index contributed by atoms with van der Waals surface area (Å²) in [6.07, 6.45) is 0.521. The fraction of sp³-hybridized carbons (Fsp3) is 0.826. The van der Waals surface area contributed by atoms with Gasteiger partial charge in [-0.2, -0.15) is 0 Å². The molecule has 1 saturated heterocycles. The Morgan fingerprint density at radius 1 is 0.861 bits per heavy atom. The monoisotopic (exact) mass is 519 g/mol. The Kier molecular flexibility index (Phi) is 16.8. The third-order valence-corrected chi connectivity index (χ3v) is 5.23. The number of carbonyl (C=O) groups is 4. The number of ether oxygens (including phenoxy) is 5. The molecule has 0 spiro atoms. The quantitative estimate of drug-likeness (QED) is 0.158. The van der Waals surface area contributed by atoms with E-state index >= 15 is 0 Å². The van der Waals surface area contributed by atoms with Crippen LogP contribution in [0.15, 0.2) is 0 Å². The second kappa shape index (κ2) is 19.0. The van der Waals surface area contributed by atoms with E-state index in [4.69, 9.17) is 34.5 Å². The standard InChI is InChI=1S/C23H41N3O10/c1-17(24)23(31)26-16-19(15-20(26)18(2)27)25-21(28)3-5-32-7-9-34-11-13-36-14-12-35-10-8-33-6-4-22(29)30/h17,19-20H,3-16,24H2,1-2H3,(H,25,28)(H,29,30). The molecular weight excluding hydrogens is 478 g/mol. The van der Waals surface area contributed by atoms with Crippen molar-refractivity contribution in [2.24, 2.45) is 5.73 Å². The average molecular weight is 520 g/mol. The zero-order valence-electron chi connectivity index (χ0n) is 21.3. The van der Waals surface area contributed by atoms with Crippen LogP contribution in [-0.4, -0.2) is 124 Å². The lowest BCUT2D eigenvalue weighted by Gasteiger charge is -2.24. The maximum Gasteiger partial charge on any atom is 0.305 e. The predicted molar refractivity (Wildman–Crippen MR) is 127 cm³/mol. The molecule has 0 aliphatic carbocycles. The number of Topliss-reactive ketones (excluding diaryl/α,β-unsaturated/α-hetero) is 1. The van der Waals surface area contributed by atoms with Gasteiger partial charge in [-0.25, -0.2) is 0 Å². The van der Waals surface area contributed by atoms with Crippen LogP contribution in [0.3, 0.4) is 0 Å². The van der Waals surface area contributed by atoms with Gasteiger partial charge in [0.15, 0.2) is 5.78 Å². The number of amides is 2. The minimum atomic E-state index is -0.892. The molecule has 1 aliphatic heterocycles. The fourth-order valence-electron chi connectivity index (χ4n) is 3.44. The number of nitrogens with zero attached hydrogens (tertiary/aromatic N) is 1. The van der Waals surface area contributed by atoms with Gasteiger partial charge in [-0.1, -0.05) is 0 Å². The van der Waals surface area contributed by atoms with Crippen LogP contribution in [0.5, 0.6) is 0 Å². The number of ketones is 1. The van der Waals surface area contributed by atoms with E-state index in [1.54, 1.807) is 6.92 Å². The highest BCUT2D eigenvalue weighted by atomic mass is 16.6. The molecule has 13 heteroatoms. The van der Waals surface area contributed by atoms with Gasteiger partial charge in [0.2, 0.25) is 11.8 Å². The summed E-state index contributed by atoms with van der Waals surface area (Å²) in [5.41, 5.74) is 5.66. The van der Waals surface area contributed by atoms with E-state index in [1.807, 2.05) is 0 Å². The van der Waals surface area contributed by atoms with Gasteiger partial charge in [0.25, 0.3) is 0 Å². The zero-order chi connectivity index (χ0) is 26.8. The first-order valence-corrected chi connectivity index (χ1v) is 12.2. The van der Waals surface area contributed by atoms with Crippen LogP contribution in [0.4, 0.5) is 0 Å². The molecule has 2 amide bonds. The van der Waals surface area contributed by atoms with Crippen molar-refractivity contribution in [2.75, 3.05) is 72.6 Å². The zero-order valence-corrected chi connectivity index (χ0v) is 21.3. The first-order valence-electron chi connectivity index (χ1n) is 12.2. The number of hydrogen-bond acceptors (Lipinski definition) is 10. The molecule has 0 bridgehead atoms. The van der Waals surface area contributed by atoms with Gasteiger partial charge in [0.1, 0.15) is 0 Å². The molecule has 1 fully saturated rings. The van der Waals surface area contributed by atoms with E-state index in [1.165, 1.54) is 11.8 Å². The molecular formula is C23H41N3O10. The van der Waals surface area contributed by atoms with Crippen LogP contribution < -0.4 is 11.1 Å². The topological polar surface area (TPSA) is 176 Å². The number of rotatable bonds is 21.